The molecule has 1 fully saturated rings. The molecule has 0 saturated carbocycles. The van der Waals surface area contributed by atoms with Gasteiger partial charge in [0.25, 0.3) is 0 Å². The first-order valence-corrected chi connectivity index (χ1v) is 7.84. The topological polar surface area (TPSA) is 24.5 Å². The minimum absolute atomic E-state index is 0.515. The van der Waals surface area contributed by atoms with E-state index in [2.05, 4.69) is 23.2 Å². The molecule has 0 aliphatic carbocycles. The third-order valence-electron chi connectivity index (χ3n) is 4.11. The van der Waals surface area contributed by atoms with Gasteiger partial charge in [-0.2, -0.15) is 0 Å². The van der Waals surface area contributed by atoms with Crippen LogP contribution in [0, 0.1) is 6.92 Å². The molecule has 2 rings (SSSR count). The molecule has 112 valence electrons. The summed E-state index contributed by atoms with van der Waals surface area (Å²) < 4.78 is 5.44. The van der Waals surface area contributed by atoms with E-state index in [1.807, 2.05) is 13.0 Å². The fourth-order valence-electron chi connectivity index (χ4n) is 2.78. The van der Waals surface area contributed by atoms with Gasteiger partial charge in [-0.25, -0.2) is 0 Å². The summed E-state index contributed by atoms with van der Waals surface area (Å²) in [7, 11) is 1.69. The average Bonchev–Trinajstić information content (AvgIpc) is 2.67. The molecule has 1 N–H and O–H groups in total. The molecule has 0 spiro atoms. The SMILES string of the molecule is CCN1CCCC(Nc2cc(C)c(Cl)cc2OC)CC1. The van der Waals surface area contributed by atoms with Gasteiger partial charge in [0.15, 0.2) is 0 Å². The minimum atomic E-state index is 0.515. The fourth-order valence-corrected chi connectivity index (χ4v) is 2.93. The number of likely N-dealkylation sites (tertiary alicyclic amines) is 1. The highest BCUT2D eigenvalue weighted by molar-refractivity contribution is 6.31. The molecule has 0 bridgehead atoms. The smallest absolute Gasteiger partial charge is 0.143 e. The zero-order valence-electron chi connectivity index (χ0n) is 12.7. The molecule has 1 aromatic rings. The highest BCUT2D eigenvalue weighted by Crippen LogP contribution is 2.32. The first-order chi connectivity index (χ1) is 9.63. The molecular weight excluding hydrogens is 272 g/mol. The molecule has 1 atom stereocenters. The Morgan fingerprint density at radius 1 is 1.35 bits per heavy atom. The number of rotatable bonds is 4. The molecule has 1 aromatic carbocycles. The molecule has 4 heteroatoms. The molecule has 20 heavy (non-hydrogen) atoms. The first kappa shape index (κ1) is 15.5. The van der Waals surface area contributed by atoms with E-state index in [-0.39, 0.29) is 0 Å². The Morgan fingerprint density at radius 3 is 2.85 bits per heavy atom. The van der Waals surface area contributed by atoms with Crippen molar-refractivity contribution in [1.29, 1.82) is 0 Å². The van der Waals surface area contributed by atoms with E-state index < -0.39 is 0 Å². The van der Waals surface area contributed by atoms with Crippen LogP contribution in [0.2, 0.25) is 5.02 Å². The lowest BCUT2D eigenvalue weighted by Gasteiger charge is -2.21. The van der Waals surface area contributed by atoms with E-state index in [1.165, 1.54) is 32.4 Å². The predicted molar refractivity (Wildman–Crippen MR) is 86.1 cm³/mol. The Labute approximate surface area is 127 Å². The molecule has 0 radical (unpaired) electrons. The summed E-state index contributed by atoms with van der Waals surface area (Å²) >= 11 is 6.16. The van der Waals surface area contributed by atoms with Gasteiger partial charge in [0.05, 0.1) is 12.8 Å². The largest absolute Gasteiger partial charge is 0.495 e. The molecule has 0 amide bonds. The Balaban J connectivity index is 2.07. The van der Waals surface area contributed by atoms with Crippen molar-refractivity contribution in [2.45, 2.75) is 39.2 Å². The van der Waals surface area contributed by atoms with Gasteiger partial charge < -0.3 is 15.0 Å². The summed E-state index contributed by atoms with van der Waals surface area (Å²) in [5.74, 6) is 0.831. The van der Waals surface area contributed by atoms with Crippen LogP contribution in [0.25, 0.3) is 0 Å². The molecule has 0 aromatic heterocycles. The van der Waals surface area contributed by atoms with E-state index in [1.54, 1.807) is 7.11 Å². The van der Waals surface area contributed by atoms with Gasteiger partial charge in [-0.05, 0) is 50.9 Å². The number of hydrogen-bond donors (Lipinski definition) is 1. The van der Waals surface area contributed by atoms with Crippen LogP contribution in [0.15, 0.2) is 12.1 Å². The van der Waals surface area contributed by atoms with Gasteiger partial charge in [0, 0.05) is 23.7 Å². The summed E-state index contributed by atoms with van der Waals surface area (Å²) in [6, 6.07) is 4.50. The second-order valence-electron chi connectivity index (χ2n) is 5.51. The van der Waals surface area contributed by atoms with Crippen LogP contribution in [0.3, 0.4) is 0 Å². The quantitative estimate of drug-likeness (QED) is 0.911. The maximum atomic E-state index is 6.16. The highest BCUT2D eigenvalue weighted by Gasteiger charge is 2.17. The zero-order chi connectivity index (χ0) is 14.5. The van der Waals surface area contributed by atoms with Crippen LogP contribution in [0.4, 0.5) is 5.69 Å². The maximum absolute atomic E-state index is 6.16. The number of aryl methyl sites for hydroxylation is 1. The van der Waals surface area contributed by atoms with Crippen LogP contribution in [0.1, 0.15) is 31.7 Å². The van der Waals surface area contributed by atoms with Crippen LogP contribution >= 0.6 is 11.6 Å². The van der Waals surface area contributed by atoms with Crippen molar-refractivity contribution in [2.75, 3.05) is 32.1 Å². The van der Waals surface area contributed by atoms with Crippen LogP contribution < -0.4 is 10.1 Å². The lowest BCUT2D eigenvalue weighted by atomic mass is 10.1. The molecule has 1 aliphatic heterocycles. The number of methoxy groups -OCH3 is 1. The second kappa shape index (κ2) is 7.19. The molecule has 1 aliphatic rings. The van der Waals surface area contributed by atoms with E-state index in [0.29, 0.717) is 6.04 Å². The fraction of sp³-hybridized carbons (Fsp3) is 0.625. The van der Waals surface area contributed by atoms with Crippen molar-refractivity contribution in [3.63, 3.8) is 0 Å². The van der Waals surface area contributed by atoms with Crippen molar-refractivity contribution in [1.82, 2.24) is 4.90 Å². The third-order valence-corrected chi connectivity index (χ3v) is 4.52. The van der Waals surface area contributed by atoms with Gasteiger partial charge in [-0.1, -0.05) is 18.5 Å². The number of anilines is 1. The summed E-state index contributed by atoms with van der Waals surface area (Å²) in [5.41, 5.74) is 2.14. The van der Waals surface area contributed by atoms with Gasteiger partial charge in [-0.3, -0.25) is 0 Å². The normalized spacial score (nSPS) is 20.5. The van der Waals surface area contributed by atoms with Crippen LogP contribution in [-0.4, -0.2) is 37.7 Å². The van der Waals surface area contributed by atoms with Crippen molar-refractivity contribution in [3.8, 4) is 5.75 Å². The van der Waals surface area contributed by atoms with Gasteiger partial charge in [-0.15, -0.1) is 0 Å². The van der Waals surface area contributed by atoms with Gasteiger partial charge >= 0.3 is 0 Å². The van der Waals surface area contributed by atoms with Gasteiger partial charge in [0.2, 0.25) is 0 Å². The Bertz CT molecular complexity index is 450. The lowest BCUT2D eigenvalue weighted by Crippen LogP contribution is -2.26. The predicted octanol–water partition coefficient (Wildman–Crippen LogP) is 3.94. The Hall–Kier alpha value is -0.930. The zero-order valence-corrected chi connectivity index (χ0v) is 13.5. The molecule has 1 unspecified atom stereocenters. The molecule has 1 saturated heterocycles. The second-order valence-corrected chi connectivity index (χ2v) is 5.92. The number of nitrogens with zero attached hydrogens (tertiary/aromatic N) is 1. The summed E-state index contributed by atoms with van der Waals surface area (Å²) in [6.45, 7) is 7.79. The summed E-state index contributed by atoms with van der Waals surface area (Å²) in [6.07, 6.45) is 3.64. The highest BCUT2D eigenvalue weighted by atomic mass is 35.5. The van der Waals surface area contributed by atoms with Crippen molar-refractivity contribution < 1.29 is 4.74 Å². The van der Waals surface area contributed by atoms with Crippen LogP contribution in [0.5, 0.6) is 5.75 Å². The number of halogens is 1. The summed E-state index contributed by atoms with van der Waals surface area (Å²) in [4.78, 5) is 2.52. The molecule has 3 nitrogen and oxygen atoms in total. The first-order valence-electron chi connectivity index (χ1n) is 7.47. The van der Waals surface area contributed by atoms with Crippen molar-refractivity contribution >= 4 is 17.3 Å². The Kier molecular flexibility index (Phi) is 5.55. The number of nitrogens with one attached hydrogen (secondary N) is 1. The standard InChI is InChI=1S/C16H25ClN2O/c1-4-19-8-5-6-13(7-9-19)18-15-10-12(2)14(17)11-16(15)20-3/h10-11,13,18H,4-9H2,1-3H3. The third kappa shape index (κ3) is 3.80. The average molecular weight is 297 g/mol. The van der Waals surface area contributed by atoms with Crippen molar-refractivity contribution in [2.24, 2.45) is 0 Å². The minimum Gasteiger partial charge on any atom is -0.495 e. The maximum Gasteiger partial charge on any atom is 0.143 e. The van der Waals surface area contributed by atoms with Crippen LogP contribution in [-0.2, 0) is 0 Å². The van der Waals surface area contributed by atoms with E-state index in [9.17, 15) is 0 Å². The van der Waals surface area contributed by atoms with E-state index in [4.69, 9.17) is 16.3 Å². The molecular formula is C16H25ClN2O. The lowest BCUT2D eigenvalue weighted by molar-refractivity contribution is 0.300. The van der Waals surface area contributed by atoms with Gasteiger partial charge in [0.1, 0.15) is 5.75 Å². The number of benzene rings is 1. The Morgan fingerprint density at radius 2 is 2.15 bits per heavy atom. The number of hydrogen-bond acceptors (Lipinski definition) is 3. The van der Waals surface area contributed by atoms with Crippen molar-refractivity contribution in [3.05, 3.63) is 22.7 Å². The number of ether oxygens (including phenoxy) is 1. The van der Waals surface area contributed by atoms with E-state index in [0.717, 1.165) is 28.6 Å². The monoisotopic (exact) mass is 296 g/mol. The van der Waals surface area contributed by atoms with E-state index >= 15 is 0 Å². The summed E-state index contributed by atoms with van der Waals surface area (Å²) in [5, 5.41) is 4.40. The molecule has 1 heterocycles.